The number of hydrogen-bond donors (Lipinski definition) is 0. The first-order valence-corrected chi connectivity index (χ1v) is 15.8. The lowest BCUT2D eigenvalue weighted by atomic mass is 9.83. The normalized spacial score (nSPS) is 17.9. The second-order valence-corrected chi connectivity index (χ2v) is 15.9. The lowest BCUT2D eigenvalue weighted by Gasteiger charge is -2.34. The van der Waals surface area contributed by atoms with Crippen LogP contribution in [0, 0.1) is 25.8 Å². The first-order valence-electron chi connectivity index (χ1n) is 12.3. The molecule has 2 aromatic carbocycles. The summed E-state index contributed by atoms with van der Waals surface area (Å²) in [5.74, 6) is 0.839. The van der Waals surface area contributed by atoms with Gasteiger partial charge in [0.25, 0.3) is 0 Å². The smallest absolute Gasteiger partial charge is 0.147 e. The van der Waals surface area contributed by atoms with Gasteiger partial charge in [-0.3, -0.25) is 4.58 Å². The minimum Gasteiger partial charge on any atom is -0.255 e. The molecule has 1 aliphatic heterocycles. The number of nitrogens with zero attached hydrogens (tertiary/aromatic N) is 1. The maximum absolute atomic E-state index is 4.46. The number of hydrogen-bond acceptors (Lipinski definition) is 0. The Morgan fingerprint density at radius 1 is 0.969 bits per heavy atom. The molecule has 0 N–H and O–H groups in total. The van der Waals surface area contributed by atoms with Crippen LogP contribution in [0.1, 0.15) is 55.2 Å². The van der Waals surface area contributed by atoms with Crippen LogP contribution >= 0.6 is 0 Å². The molecule has 2 aromatic rings. The molecule has 1 aliphatic carbocycles. The second-order valence-electron chi connectivity index (χ2n) is 10.9. The molecule has 0 amide bonds. The number of benzene rings is 2. The lowest BCUT2D eigenvalue weighted by molar-refractivity contribution is -0.418. The summed E-state index contributed by atoms with van der Waals surface area (Å²) in [6, 6.07) is 16.7. The van der Waals surface area contributed by atoms with Crippen LogP contribution in [0.15, 0.2) is 65.5 Å². The molecule has 0 aromatic heterocycles. The summed E-state index contributed by atoms with van der Waals surface area (Å²) < 4.78 is 2.14. The van der Waals surface area contributed by atoms with E-state index in [0.29, 0.717) is 0 Å². The van der Waals surface area contributed by atoms with Gasteiger partial charge in [-0.1, -0.05) is 118 Å². The third kappa shape index (κ3) is 4.86. The van der Waals surface area contributed by atoms with Gasteiger partial charge in [0.1, 0.15) is 12.2 Å². The summed E-state index contributed by atoms with van der Waals surface area (Å²) >= 11 is 0. The van der Waals surface area contributed by atoms with Crippen LogP contribution in [-0.2, 0) is 0 Å². The predicted molar refractivity (Wildman–Crippen MR) is 142 cm³/mol. The zero-order chi connectivity index (χ0) is 22.9. The van der Waals surface area contributed by atoms with Gasteiger partial charge < -0.3 is 0 Å². The monoisotopic (exact) mass is 441 g/mol. The molecule has 0 saturated heterocycles. The highest BCUT2D eigenvalue weighted by molar-refractivity contribution is 6.84. The standard InChI is InChI=1S/C30H39NSi/c1-22-17-23(2)28(20-27(22)25-15-11-8-12-16-25)29-19-26(18-24-13-9-7-10-14-24)30(21-31(29)3)32(4,5)6/h8,11-12,15-17,19-21,24H,3,7,9-10,13-14,18H2,1-2,4-6H3. The Balaban J connectivity index is 1.75. The molecule has 1 fully saturated rings. The Labute approximate surface area is 196 Å². The third-order valence-electron chi connectivity index (χ3n) is 7.22. The molecule has 1 saturated carbocycles. The van der Waals surface area contributed by atoms with E-state index < -0.39 is 8.07 Å². The third-order valence-corrected chi connectivity index (χ3v) is 9.29. The van der Waals surface area contributed by atoms with E-state index in [2.05, 4.69) is 99.5 Å². The van der Waals surface area contributed by atoms with Crippen LogP contribution in [-0.4, -0.2) is 19.4 Å². The maximum atomic E-state index is 4.46. The van der Waals surface area contributed by atoms with Gasteiger partial charge in [0.05, 0.1) is 14.8 Å². The molecular weight excluding hydrogens is 402 g/mol. The van der Waals surface area contributed by atoms with Crippen LogP contribution in [0.2, 0.25) is 19.6 Å². The highest BCUT2D eigenvalue weighted by atomic mass is 28.3. The second kappa shape index (κ2) is 9.27. The highest BCUT2D eigenvalue weighted by Gasteiger charge is 2.31. The van der Waals surface area contributed by atoms with Gasteiger partial charge in [-0.15, -0.1) is 0 Å². The molecule has 32 heavy (non-hydrogen) atoms. The van der Waals surface area contributed by atoms with Gasteiger partial charge in [-0.05, 0) is 47.2 Å². The van der Waals surface area contributed by atoms with E-state index in [1.165, 1.54) is 72.4 Å². The minimum atomic E-state index is -1.46. The largest absolute Gasteiger partial charge is 0.255 e. The minimum absolute atomic E-state index is 0.839. The molecule has 1 heterocycles. The Kier molecular flexibility index (Phi) is 6.62. The maximum Gasteiger partial charge on any atom is 0.147 e. The zero-order valence-electron chi connectivity index (χ0n) is 20.7. The van der Waals surface area contributed by atoms with Crippen molar-refractivity contribution in [2.75, 3.05) is 0 Å². The van der Waals surface area contributed by atoms with Crippen LogP contribution in [0.4, 0.5) is 0 Å². The fourth-order valence-electron chi connectivity index (χ4n) is 5.47. The summed E-state index contributed by atoms with van der Waals surface area (Å²) in [5.41, 5.74) is 8.12. The van der Waals surface area contributed by atoms with E-state index in [-0.39, 0.29) is 0 Å². The molecule has 0 unspecified atom stereocenters. The van der Waals surface area contributed by atoms with E-state index in [1.54, 1.807) is 10.8 Å². The molecule has 2 heteroatoms. The fourth-order valence-corrected chi connectivity index (χ4v) is 7.15. The summed E-state index contributed by atoms with van der Waals surface area (Å²) in [6.45, 7) is 16.3. The lowest BCUT2D eigenvalue weighted by Crippen LogP contribution is -2.31. The average molecular weight is 442 g/mol. The topological polar surface area (TPSA) is 3.01 Å². The molecule has 0 atom stereocenters. The zero-order valence-corrected chi connectivity index (χ0v) is 21.7. The van der Waals surface area contributed by atoms with Crippen molar-refractivity contribution in [2.45, 2.75) is 72.0 Å². The van der Waals surface area contributed by atoms with Gasteiger partial charge in [0.2, 0.25) is 0 Å². The van der Waals surface area contributed by atoms with Crippen LogP contribution in [0.3, 0.4) is 0 Å². The van der Waals surface area contributed by atoms with Gasteiger partial charge in [-0.25, -0.2) is 0 Å². The van der Waals surface area contributed by atoms with Gasteiger partial charge >= 0.3 is 0 Å². The van der Waals surface area contributed by atoms with E-state index in [9.17, 15) is 0 Å². The molecule has 4 rings (SSSR count). The molecule has 0 spiro atoms. The molecule has 1 nitrogen and oxygen atoms in total. The van der Waals surface area contributed by atoms with E-state index in [1.807, 2.05) is 0 Å². The van der Waals surface area contributed by atoms with Crippen molar-refractivity contribution in [3.05, 3.63) is 88.2 Å². The quantitative estimate of drug-likeness (QED) is 0.250. The Bertz CT molecular complexity index is 1050. The Hall–Kier alpha value is -2.32. The fraction of sp³-hybridized carbons (Fsp3) is 0.400. The Morgan fingerprint density at radius 2 is 1.66 bits per heavy atom. The van der Waals surface area contributed by atoms with Crippen molar-refractivity contribution in [3.8, 4) is 11.1 Å². The predicted octanol–water partition coefficient (Wildman–Crippen LogP) is 8.24. The van der Waals surface area contributed by atoms with Crippen molar-refractivity contribution >= 4 is 14.8 Å². The molecule has 0 radical (unpaired) electrons. The molecule has 168 valence electrons. The summed E-state index contributed by atoms with van der Waals surface area (Å²) in [4.78, 5) is 0. The Morgan fingerprint density at radius 3 is 2.31 bits per heavy atom. The van der Waals surface area contributed by atoms with Crippen LogP contribution < -0.4 is 0 Å². The highest BCUT2D eigenvalue weighted by Crippen LogP contribution is 2.40. The average Bonchev–Trinajstić information content (AvgIpc) is 2.76. The number of aryl methyl sites for hydroxylation is 2. The van der Waals surface area contributed by atoms with Crippen molar-refractivity contribution in [1.29, 1.82) is 0 Å². The summed E-state index contributed by atoms with van der Waals surface area (Å²) in [5, 5.41) is 1.58. The van der Waals surface area contributed by atoms with E-state index >= 15 is 0 Å². The summed E-state index contributed by atoms with van der Waals surface area (Å²) in [7, 11) is -1.46. The number of allylic oxidation sites excluding steroid dienone is 2. The molecule has 0 bridgehead atoms. The van der Waals surface area contributed by atoms with Gasteiger partial charge in [0, 0.05) is 0 Å². The van der Waals surface area contributed by atoms with E-state index in [0.717, 1.165) is 5.92 Å². The SMILES string of the molecule is C=[N+]1C=C([Si](C)(C)C)C(CC2CCCCC2)=C[C-]1c1cc(-c2ccccc2)c(C)cc1C. The first kappa shape index (κ1) is 22.9. The van der Waals surface area contributed by atoms with Gasteiger partial charge in [-0.2, -0.15) is 0 Å². The summed E-state index contributed by atoms with van der Waals surface area (Å²) in [6.07, 6.45) is 13.1. The molecular formula is C30H39NSi. The van der Waals surface area contributed by atoms with Gasteiger partial charge in [0.15, 0.2) is 0 Å². The van der Waals surface area contributed by atoms with E-state index in [4.69, 9.17) is 0 Å². The number of rotatable bonds is 5. The van der Waals surface area contributed by atoms with Crippen molar-refractivity contribution in [2.24, 2.45) is 5.92 Å². The van der Waals surface area contributed by atoms with Crippen molar-refractivity contribution in [1.82, 2.24) is 0 Å². The van der Waals surface area contributed by atoms with Crippen LogP contribution in [0.5, 0.6) is 0 Å². The first-order chi connectivity index (χ1) is 15.2. The van der Waals surface area contributed by atoms with Crippen molar-refractivity contribution in [3.63, 3.8) is 0 Å². The van der Waals surface area contributed by atoms with Crippen molar-refractivity contribution < 1.29 is 4.58 Å². The molecule has 2 aliphatic rings. The van der Waals surface area contributed by atoms with Crippen LogP contribution in [0.25, 0.3) is 11.1 Å².